The summed E-state index contributed by atoms with van der Waals surface area (Å²) in [6, 6.07) is 5.63. The van der Waals surface area contributed by atoms with Gasteiger partial charge in [-0.2, -0.15) is 0 Å². The first-order chi connectivity index (χ1) is 10.2. The zero-order valence-corrected chi connectivity index (χ0v) is 12.5. The second kappa shape index (κ2) is 4.68. The Morgan fingerprint density at radius 2 is 2.33 bits per heavy atom. The van der Waals surface area contributed by atoms with Crippen molar-refractivity contribution in [2.24, 2.45) is 5.41 Å². The smallest absolute Gasteiger partial charge is 0.253 e. The lowest BCUT2D eigenvalue weighted by atomic mass is 9.87. The van der Waals surface area contributed by atoms with Crippen LogP contribution in [0.15, 0.2) is 18.2 Å². The van der Waals surface area contributed by atoms with Crippen molar-refractivity contribution in [3.63, 3.8) is 0 Å². The Morgan fingerprint density at radius 1 is 1.43 bits per heavy atom. The molecule has 0 bridgehead atoms. The fraction of sp³-hybridized carbons (Fsp3) is 0.467. The molecule has 1 atom stereocenters. The number of fused-ring (bicyclic) bond motifs is 1. The molecule has 0 saturated carbocycles. The zero-order valence-electron chi connectivity index (χ0n) is 11.7. The first-order valence-corrected chi connectivity index (χ1v) is 8.00. The molecule has 1 aromatic carbocycles. The third kappa shape index (κ3) is 2.18. The lowest BCUT2D eigenvalue weighted by Gasteiger charge is -2.22. The van der Waals surface area contributed by atoms with Crippen molar-refractivity contribution in [3.8, 4) is 0 Å². The molecule has 2 fully saturated rings. The number of amides is 1. The number of carbonyl (C=O) groups is 1. The molecular formula is C15H17N3O2S. The van der Waals surface area contributed by atoms with Gasteiger partial charge in [-0.3, -0.25) is 4.79 Å². The van der Waals surface area contributed by atoms with Crippen molar-refractivity contribution in [1.29, 1.82) is 0 Å². The second-order valence-electron chi connectivity index (χ2n) is 6.01. The number of nitrogens with two attached hydrogens (primary N) is 1. The van der Waals surface area contributed by atoms with Crippen molar-refractivity contribution >= 4 is 32.6 Å². The number of likely N-dealkylation sites (tertiary alicyclic amines) is 1. The van der Waals surface area contributed by atoms with Crippen LogP contribution < -0.4 is 5.73 Å². The zero-order chi connectivity index (χ0) is 14.4. The minimum Gasteiger partial charge on any atom is -0.381 e. The van der Waals surface area contributed by atoms with Crippen LogP contribution in [0.2, 0.25) is 0 Å². The van der Waals surface area contributed by atoms with E-state index in [1.165, 1.54) is 11.3 Å². The Morgan fingerprint density at radius 3 is 3.14 bits per heavy atom. The molecular weight excluding hydrogens is 286 g/mol. The second-order valence-corrected chi connectivity index (χ2v) is 7.08. The summed E-state index contributed by atoms with van der Waals surface area (Å²) in [6.07, 6.45) is 2.12. The summed E-state index contributed by atoms with van der Waals surface area (Å²) in [5, 5.41) is 0.540. The minimum absolute atomic E-state index is 0.104. The number of hydrogen-bond acceptors (Lipinski definition) is 5. The molecule has 6 heteroatoms. The van der Waals surface area contributed by atoms with Crippen LogP contribution in [0, 0.1) is 5.41 Å². The van der Waals surface area contributed by atoms with Crippen molar-refractivity contribution < 1.29 is 9.53 Å². The highest BCUT2D eigenvalue weighted by atomic mass is 32.1. The number of nitrogen functional groups attached to an aromatic ring is 1. The topological polar surface area (TPSA) is 68.5 Å². The summed E-state index contributed by atoms with van der Waals surface area (Å²) < 4.78 is 6.49. The molecule has 2 N–H and O–H groups in total. The molecule has 2 aliphatic heterocycles. The van der Waals surface area contributed by atoms with Crippen LogP contribution in [0.3, 0.4) is 0 Å². The summed E-state index contributed by atoms with van der Waals surface area (Å²) >= 11 is 1.42. The van der Waals surface area contributed by atoms with Crippen molar-refractivity contribution in [3.05, 3.63) is 23.8 Å². The van der Waals surface area contributed by atoms with Crippen molar-refractivity contribution in [2.75, 3.05) is 32.0 Å². The van der Waals surface area contributed by atoms with Gasteiger partial charge >= 0.3 is 0 Å². The van der Waals surface area contributed by atoms with E-state index in [0.29, 0.717) is 5.13 Å². The van der Waals surface area contributed by atoms with E-state index < -0.39 is 0 Å². The lowest BCUT2D eigenvalue weighted by molar-refractivity contribution is 0.0766. The van der Waals surface area contributed by atoms with Crippen LogP contribution >= 0.6 is 11.3 Å². The molecule has 0 aliphatic carbocycles. The number of hydrogen-bond donors (Lipinski definition) is 1. The molecule has 1 aromatic heterocycles. The quantitative estimate of drug-likeness (QED) is 0.876. The van der Waals surface area contributed by atoms with E-state index in [0.717, 1.165) is 54.9 Å². The Kier molecular flexibility index (Phi) is 2.90. The molecule has 110 valence electrons. The van der Waals surface area contributed by atoms with Gasteiger partial charge in [0.2, 0.25) is 0 Å². The van der Waals surface area contributed by atoms with Gasteiger partial charge in [-0.05, 0) is 31.0 Å². The predicted molar refractivity (Wildman–Crippen MR) is 82.4 cm³/mol. The molecule has 1 amide bonds. The number of anilines is 1. The maximum absolute atomic E-state index is 12.7. The average molecular weight is 303 g/mol. The third-order valence-corrected chi connectivity index (χ3v) is 5.41. The van der Waals surface area contributed by atoms with Crippen molar-refractivity contribution in [1.82, 2.24) is 9.88 Å². The minimum atomic E-state index is 0.104. The van der Waals surface area contributed by atoms with Gasteiger partial charge in [-0.1, -0.05) is 11.3 Å². The predicted octanol–water partition coefficient (Wildman–Crippen LogP) is 2.13. The number of rotatable bonds is 1. The van der Waals surface area contributed by atoms with Crippen molar-refractivity contribution in [2.45, 2.75) is 12.8 Å². The molecule has 2 saturated heterocycles. The van der Waals surface area contributed by atoms with Gasteiger partial charge in [0.1, 0.15) is 0 Å². The number of thiazole rings is 1. The van der Waals surface area contributed by atoms with Gasteiger partial charge in [0.25, 0.3) is 5.91 Å². The third-order valence-electron chi connectivity index (χ3n) is 4.56. The average Bonchev–Trinajstić information content (AvgIpc) is 3.18. The number of aromatic nitrogens is 1. The van der Waals surface area contributed by atoms with E-state index in [-0.39, 0.29) is 11.3 Å². The first kappa shape index (κ1) is 13.0. The normalized spacial score (nSPS) is 25.2. The molecule has 1 unspecified atom stereocenters. The van der Waals surface area contributed by atoms with E-state index in [9.17, 15) is 4.79 Å². The first-order valence-electron chi connectivity index (χ1n) is 7.18. The highest BCUT2D eigenvalue weighted by molar-refractivity contribution is 7.22. The summed E-state index contributed by atoms with van der Waals surface area (Å²) in [7, 11) is 0. The summed E-state index contributed by atoms with van der Waals surface area (Å²) in [6.45, 7) is 3.26. The largest absolute Gasteiger partial charge is 0.381 e. The van der Waals surface area contributed by atoms with Crippen LogP contribution in [0.25, 0.3) is 10.2 Å². The van der Waals surface area contributed by atoms with Crippen LogP contribution in [0.4, 0.5) is 5.13 Å². The van der Waals surface area contributed by atoms with E-state index >= 15 is 0 Å². The highest BCUT2D eigenvalue weighted by Crippen LogP contribution is 2.38. The van der Waals surface area contributed by atoms with Crippen LogP contribution in [0.5, 0.6) is 0 Å². The molecule has 21 heavy (non-hydrogen) atoms. The van der Waals surface area contributed by atoms with Gasteiger partial charge < -0.3 is 15.4 Å². The molecule has 3 heterocycles. The van der Waals surface area contributed by atoms with Crippen LogP contribution in [-0.2, 0) is 4.74 Å². The van der Waals surface area contributed by atoms with E-state index in [1.807, 2.05) is 23.1 Å². The van der Waals surface area contributed by atoms with E-state index in [2.05, 4.69) is 4.98 Å². The monoisotopic (exact) mass is 303 g/mol. The Hall–Kier alpha value is -1.66. The number of nitrogens with zero attached hydrogens (tertiary/aromatic N) is 2. The van der Waals surface area contributed by atoms with Gasteiger partial charge in [0, 0.05) is 30.7 Å². The Balaban J connectivity index is 1.58. The molecule has 5 nitrogen and oxygen atoms in total. The fourth-order valence-electron chi connectivity index (χ4n) is 3.34. The summed E-state index contributed by atoms with van der Waals surface area (Å²) in [5.41, 5.74) is 7.50. The van der Waals surface area contributed by atoms with Gasteiger partial charge in [0.15, 0.2) is 5.13 Å². The maximum atomic E-state index is 12.7. The lowest BCUT2D eigenvalue weighted by Crippen LogP contribution is -2.32. The number of ether oxygens (including phenoxy) is 1. The van der Waals surface area contributed by atoms with Crippen LogP contribution in [-0.4, -0.2) is 42.1 Å². The van der Waals surface area contributed by atoms with E-state index in [4.69, 9.17) is 10.5 Å². The number of benzene rings is 1. The fourth-order valence-corrected chi connectivity index (χ4v) is 4.11. The molecule has 2 aliphatic rings. The molecule has 4 rings (SSSR count). The van der Waals surface area contributed by atoms with Gasteiger partial charge in [0.05, 0.1) is 16.8 Å². The van der Waals surface area contributed by atoms with Gasteiger partial charge in [-0.15, -0.1) is 0 Å². The standard InChI is InChI=1S/C15H17N3O2S/c16-14-17-11-2-1-10(7-12(11)21-14)13(19)18-5-3-15(8-18)4-6-20-9-15/h1-2,7H,3-6,8-9H2,(H2,16,17). The highest BCUT2D eigenvalue weighted by Gasteiger charge is 2.42. The summed E-state index contributed by atoms with van der Waals surface area (Å²) in [5.74, 6) is 0.104. The summed E-state index contributed by atoms with van der Waals surface area (Å²) in [4.78, 5) is 18.9. The molecule has 0 radical (unpaired) electrons. The molecule has 2 aromatic rings. The SMILES string of the molecule is Nc1nc2ccc(C(=O)N3CCC4(CCOC4)C3)cc2s1. The van der Waals surface area contributed by atoms with Crippen LogP contribution in [0.1, 0.15) is 23.2 Å². The Labute approximate surface area is 126 Å². The van der Waals surface area contributed by atoms with E-state index in [1.54, 1.807) is 0 Å². The Bertz CT molecular complexity index is 706. The molecule has 1 spiro atoms. The maximum Gasteiger partial charge on any atom is 0.253 e. The van der Waals surface area contributed by atoms with Gasteiger partial charge in [-0.25, -0.2) is 4.98 Å². The number of carbonyl (C=O) groups excluding carboxylic acids is 1.